The van der Waals surface area contributed by atoms with Crippen LogP contribution in [0.25, 0.3) is 5.76 Å². The van der Waals surface area contributed by atoms with Crippen LogP contribution in [0.3, 0.4) is 0 Å². The minimum absolute atomic E-state index is 0.0353. The van der Waals surface area contributed by atoms with Crippen molar-refractivity contribution in [1.82, 2.24) is 14.5 Å². The number of ether oxygens (including phenoxy) is 2. The number of imidazole rings is 1. The van der Waals surface area contributed by atoms with E-state index in [1.807, 2.05) is 96.6 Å². The van der Waals surface area contributed by atoms with Gasteiger partial charge in [-0.2, -0.15) is 0 Å². The maximum absolute atomic E-state index is 13.6. The molecule has 1 fully saturated rings. The van der Waals surface area contributed by atoms with Crippen LogP contribution in [0.4, 0.5) is 0 Å². The SMILES string of the molecule is Cc1ccccc1COc1ccc(C(O)=C2C(=O)C(=O)N(CCCn3ccnc3)C2c2cccc(Oc3ccccc3)c2)cc1. The van der Waals surface area contributed by atoms with Gasteiger partial charge in [0.1, 0.15) is 29.6 Å². The summed E-state index contributed by atoms with van der Waals surface area (Å²) >= 11 is 0. The van der Waals surface area contributed by atoms with Gasteiger partial charge in [-0.1, -0.05) is 54.6 Å². The maximum Gasteiger partial charge on any atom is 0.295 e. The smallest absolute Gasteiger partial charge is 0.295 e. The second-order valence-corrected chi connectivity index (χ2v) is 10.9. The molecule has 1 aliphatic heterocycles. The molecule has 6 rings (SSSR count). The number of hydrogen-bond donors (Lipinski definition) is 1. The van der Waals surface area contributed by atoms with Crippen LogP contribution in [-0.4, -0.2) is 37.8 Å². The van der Waals surface area contributed by atoms with E-state index in [4.69, 9.17) is 9.47 Å². The zero-order chi connectivity index (χ0) is 31.2. The summed E-state index contributed by atoms with van der Waals surface area (Å²) in [4.78, 5) is 32.6. The van der Waals surface area contributed by atoms with Crippen LogP contribution in [0.15, 0.2) is 127 Å². The first-order chi connectivity index (χ1) is 22.0. The van der Waals surface area contributed by atoms with Crippen molar-refractivity contribution in [3.05, 3.63) is 150 Å². The first kappa shape index (κ1) is 29.4. The molecule has 226 valence electrons. The molecule has 2 heterocycles. The summed E-state index contributed by atoms with van der Waals surface area (Å²) in [5.74, 6) is 0.216. The molecule has 1 unspecified atom stereocenters. The number of para-hydroxylation sites is 1. The first-order valence-corrected chi connectivity index (χ1v) is 14.8. The molecular weight excluding hydrogens is 566 g/mol. The second-order valence-electron chi connectivity index (χ2n) is 10.9. The highest BCUT2D eigenvalue weighted by Crippen LogP contribution is 2.41. The Morgan fingerprint density at radius 1 is 0.844 bits per heavy atom. The van der Waals surface area contributed by atoms with Crippen molar-refractivity contribution in [3.8, 4) is 17.2 Å². The highest BCUT2D eigenvalue weighted by molar-refractivity contribution is 6.46. The molecule has 45 heavy (non-hydrogen) atoms. The monoisotopic (exact) mass is 599 g/mol. The van der Waals surface area contributed by atoms with Crippen LogP contribution < -0.4 is 9.47 Å². The largest absolute Gasteiger partial charge is 0.507 e. The second kappa shape index (κ2) is 13.3. The quantitative estimate of drug-likeness (QED) is 0.0991. The van der Waals surface area contributed by atoms with E-state index in [0.29, 0.717) is 54.5 Å². The van der Waals surface area contributed by atoms with Gasteiger partial charge >= 0.3 is 0 Å². The number of rotatable bonds is 11. The molecule has 1 aliphatic rings. The maximum atomic E-state index is 13.6. The Hall–Kier alpha value is -5.63. The molecule has 1 N–H and O–H groups in total. The summed E-state index contributed by atoms with van der Waals surface area (Å²) in [5, 5.41) is 11.6. The van der Waals surface area contributed by atoms with E-state index in [-0.39, 0.29) is 11.3 Å². The van der Waals surface area contributed by atoms with Crippen LogP contribution in [0, 0.1) is 6.92 Å². The Kier molecular flexibility index (Phi) is 8.73. The Morgan fingerprint density at radius 3 is 2.36 bits per heavy atom. The fraction of sp³-hybridized carbons (Fsp3) is 0.162. The number of carbonyl (C=O) groups excluding carboxylic acids is 2. The van der Waals surface area contributed by atoms with Gasteiger partial charge in [0.15, 0.2) is 0 Å². The van der Waals surface area contributed by atoms with Gasteiger partial charge in [-0.05, 0) is 78.6 Å². The molecule has 0 aliphatic carbocycles. The van der Waals surface area contributed by atoms with Crippen LogP contribution in [-0.2, 0) is 22.7 Å². The molecular formula is C37H33N3O5. The molecule has 4 aromatic carbocycles. The van der Waals surface area contributed by atoms with Crippen LogP contribution >= 0.6 is 0 Å². The van der Waals surface area contributed by atoms with Crippen LogP contribution in [0.5, 0.6) is 17.2 Å². The van der Waals surface area contributed by atoms with E-state index in [9.17, 15) is 14.7 Å². The molecule has 0 saturated carbocycles. The zero-order valence-corrected chi connectivity index (χ0v) is 24.9. The molecule has 0 bridgehead atoms. The number of ketones is 1. The van der Waals surface area contributed by atoms with Crippen LogP contribution in [0.1, 0.15) is 34.7 Å². The lowest BCUT2D eigenvalue weighted by Crippen LogP contribution is -2.31. The number of nitrogens with zero attached hydrogens (tertiary/aromatic N) is 3. The van der Waals surface area contributed by atoms with Crippen molar-refractivity contribution in [1.29, 1.82) is 0 Å². The Morgan fingerprint density at radius 2 is 1.60 bits per heavy atom. The van der Waals surface area contributed by atoms with Gasteiger partial charge in [0.05, 0.1) is 17.9 Å². The van der Waals surface area contributed by atoms with Crippen molar-refractivity contribution in [3.63, 3.8) is 0 Å². The average molecular weight is 600 g/mol. The van der Waals surface area contributed by atoms with E-state index in [0.717, 1.165) is 11.1 Å². The summed E-state index contributed by atoms with van der Waals surface area (Å²) in [6.45, 7) is 3.37. The standard InChI is InChI=1S/C37H33N3O5/c1-26-9-5-6-10-29(26)24-44-30-17-15-27(16-18-30)35(41)33-34(28-11-7-14-32(23-28)45-31-12-3-2-4-13-31)40(37(43)36(33)42)21-8-20-39-22-19-38-25-39/h2-7,9-19,22-23,25,34,41H,8,20-21,24H2,1H3. The summed E-state index contributed by atoms with van der Waals surface area (Å²) in [5.41, 5.74) is 3.32. The van der Waals surface area contributed by atoms with E-state index in [2.05, 4.69) is 4.98 Å². The number of aryl methyl sites for hydroxylation is 2. The van der Waals surface area contributed by atoms with Crippen molar-refractivity contribution < 1.29 is 24.2 Å². The molecule has 8 nitrogen and oxygen atoms in total. The molecule has 0 radical (unpaired) electrons. The number of carbonyl (C=O) groups is 2. The summed E-state index contributed by atoms with van der Waals surface area (Å²) in [7, 11) is 0. The normalized spacial score (nSPS) is 15.8. The number of likely N-dealkylation sites (tertiary alicyclic amines) is 1. The van der Waals surface area contributed by atoms with Gasteiger partial charge < -0.3 is 24.0 Å². The van der Waals surface area contributed by atoms with Gasteiger partial charge in [-0.15, -0.1) is 0 Å². The Bertz CT molecular complexity index is 1810. The van der Waals surface area contributed by atoms with Crippen LogP contribution in [0.2, 0.25) is 0 Å². The average Bonchev–Trinajstić information content (AvgIpc) is 3.67. The molecule has 0 spiro atoms. The number of Topliss-reactive ketones (excluding diaryl/α,β-unsaturated/α-hetero) is 1. The van der Waals surface area contributed by atoms with Crippen molar-refractivity contribution in [2.45, 2.75) is 32.5 Å². The number of hydrogen-bond acceptors (Lipinski definition) is 6. The number of aliphatic hydroxyl groups is 1. The van der Waals surface area contributed by atoms with Gasteiger partial charge in [0.25, 0.3) is 11.7 Å². The summed E-state index contributed by atoms with van der Waals surface area (Å²) in [6, 6.07) is 30.8. The Labute approximate surface area is 261 Å². The summed E-state index contributed by atoms with van der Waals surface area (Å²) < 4.78 is 13.9. The van der Waals surface area contributed by atoms with E-state index >= 15 is 0 Å². The fourth-order valence-corrected chi connectivity index (χ4v) is 5.47. The minimum Gasteiger partial charge on any atom is -0.507 e. The van der Waals surface area contributed by atoms with Crippen molar-refractivity contribution >= 4 is 17.4 Å². The molecule has 1 saturated heterocycles. The van der Waals surface area contributed by atoms with E-state index < -0.39 is 17.7 Å². The van der Waals surface area contributed by atoms with E-state index in [1.165, 1.54) is 4.90 Å². The minimum atomic E-state index is -0.802. The van der Waals surface area contributed by atoms with Gasteiger partial charge in [0.2, 0.25) is 0 Å². The van der Waals surface area contributed by atoms with Crippen molar-refractivity contribution in [2.24, 2.45) is 0 Å². The molecule has 5 aromatic rings. The lowest BCUT2D eigenvalue weighted by atomic mass is 9.95. The van der Waals surface area contributed by atoms with Gasteiger partial charge in [-0.3, -0.25) is 9.59 Å². The highest BCUT2D eigenvalue weighted by Gasteiger charge is 2.46. The lowest BCUT2D eigenvalue weighted by molar-refractivity contribution is -0.139. The number of aliphatic hydroxyl groups excluding tert-OH is 1. The number of amides is 1. The van der Waals surface area contributed by atoms with E-state index in [1.54, 1.807) is 36.8 Å². The topological polar surface area (TPSA) is 93.9 Å². The first-order valence-electron chi connectivity index (χ1n) is 14.8. The van der Waals surface area contributed by atoms with Gasteiger partial charge in [0, 0.05) is 31.0 Å². The Balaban J connectivity index is 1.30. The molecule has 1 aromatic heterocycles. The third-order valence-electron chi connectivity index (χ3n) is 7.85. The third-order valence-corrected chi connectivity index (χ3v) is 7.85. The zero-order valence-electron chi connectivity index (χ0n) is 24.9. The molecule has 1 amide bonds. The third kappa shape index (κ3) is 6.65. The fourth-order valence-electron chi connectivity index (χ4n) is 5.47. The predicted octanol–water partition coefficient (Wildman–Crippen LogP) is 7.07. The highest BCUT2D eigenvalue weighted by atomic mass is 16.5. The predicted molar refractivity (Wildman–Crippen MR) is 171 cm³/mol. The number of benzene rings is 4. The number of aromatic nitrogens is 2. The van der Waals surface area contributed by atoms with Crippen molar-refractivity contribution in [2.75, 3.05) is 6.54 Å². The lowest BCUT2D eigenvalue weighted by Gasteiger charge is -2.26. The molecule has 8 heteroatoms. The molecule has 1 atom stereocenters. The van der Waals surface area contributed by atoms with Gasteiger partial charge in [-0.25, -0.2) is 4.98 Å². The summed E-state index contributed by atoms with van der Waals surface area (Å²) in [6.07, 6.45) is 5.85.